The molecule has 3 N–H and O–H groups in total. The van der Waals surface area contributed by atoms with Gasteiger partial charge in [-0.2, -0.15) is 0 Å². The molecule has 2 aromatic carbocycles. The van der Waals surface area contributed by atoms with Gasteiger partial charge >= 0.3 is 12.1 Å². The maximum absolute atomic E-state index is 14.8. The second kappa shape index (κ2) is 14.6. The van der Waals surface area contributed by atoms with Crippen LogP contribution < -0.4 is 20.7 Å². The molecule has 0 atom stereocenters. The summed E-state index contributed by atoms with van der Waals surface area (Å²) in [5.74, 6) is -1.70. The quantitative estimate of drug-likeness (QED) is 0.279. The number of carbonyl (C=O) groups is 4. The molecular formula is C32H35F2N5O6. The van der Waals surface area contributed by atoms with E-state index in [0.29, 0.717) is 31.5 Å². The molecule has 1 aliphatic heterocycles. The molecule has 45 heavy (non-hydrogen) atoms. The van der Waals surface area contributed by atoms with E-state index in [-0.39, 0.29) is 53.8 Å². The molecule has 0 saturated carbocycles. The highest BCUT2D eigenvalue weighted by Gasteiger charge is 2.28. The highest BCUT2D eigenvalue weighted by atomic mass is 19.1. The molecule has 1 aromatic heterocycles. The highest BCUT2D eigenvalue weighted by molar-refractivity contribution is 6.01. The lowest BCUT2D eigenvalue weighted by Gasteiger charge is -2.33. The van der Waals surface area contributed by atoms with E-state index < -0.39 is 29.2 Å². The molecule has 0 unspecified atom stereocenters. The number of amides is 5. The molecule has 1 saturated heterocycles. The molecule has 3 aromatic rings. The SMILES string of the molecule is CC(C)(C)OC(=O)N1CCC(CC(=O)Nc2cc(Oc3ccc(NC(=O)NC(=O)Cc4ccc(F)cc4)cc3F)ccn2)CC1. The normalized spacial score (nSPS) is 13.5. The van der Waals surface area contributed by atoms with E-state index in [1.54, 1.807) is 4.90 Å². The van der Waals surface area contributed by atoms with Crippen LogP contribution in [0, 0.1) is 17.6 Å². The number of nitrogens with zero attached hydrogens (tertiary/aromatic N) is 2. The molecule has 1 fully saturated rings. The first kappa shape index (κ1) is 32.8. The van der Waals surface area contributed by atoms with Crippen molar-refractivity contribution in [1.29, 1.82) is 0 Å². The average Bonchev–Trinajstić information content (AvgIpc) is 2.95. The van der Waals surface area contributed by atoms with Crippen molar-refractivity contribution >= 4 is 35.4 Å². The first-order valence-corrected chi connectivity index (χ1v) is 14.4. The number of pyridine rings is 1. The Labute approximate surface area is 259 Å². The third-order valence-corrected chi connectivity index (χ3v) is 6.69. The van der Waals surface area contributed by atoms with E-state index in [4.69, 9.17) is 9.47 Å². The first-order valence-electron chi connectivity index (χ1n) is 14.4. The maximum Gasteiger partial charge on any atom is 0.410 e. The van der Waals surface area contributed by atoms with Crippen LogP contribution in [0.3, 0.4) is 0 Å². The smallest absolute Gasteiger partial charge is 0.410 e. The van der Waals surface area contributed by atoms with Crippen LogP contribution in [0.1, 0.15) is 45.6 Å². The van der Waals surface area contributed by atoms with Gasteiger partial charge in [0.2, 0.25) is 11.8 Å². The van der Waals surface area contributed by atoms with E-state index in [1.807, 2.05) is 20.8 Å². The van der Waals surface area contributed by atoms with Crippen molar-refractivity contribution in [3.05, 3.63) is 78.0 Å². The first-order chi connectivity index (χ1) is 21.3. The number of urea groups is 1. The number of likely N-dealkylation sites (tertiary alicyclic amines) is 1. The van der Waals surface area contributed by atoms with Crippen LogP contribution in [0.15, 0.2) is 60.8 Å². The van der Waals surface area contributed by atoms with Crippen LogP contribution in [0.4, 0.5) is 29.9 Å². The third-order valence-electron chi connectivity index (χ3n) is 6.69. The lowest BCUT2D eigenvalue weighted by molar-refractivity contribution is -0.119. The summed E-state index contributed by atoms with van der Waals surface area (Å²) in [5, 5.41) is 7.23. The van der Waals surface area contributed by atoms with Crippen LogP contribution in [0.2, 0.25) is 0 Å². The van der Waals surface area contributed by atoms with Crippen molar-refractivity contribution in [2.24, 2.45) is 5.92 Å². The fourth-order valence-corrected chi connectivity index (χ4v) is 4.55. The van der Waals surface area contributed by atoms with Crippen molar-refractivity contribution in [2.45, 2.75) is 52.1 Å². The molecule has 4 rings (SSSR count). The lowest BCUT2D eigenvalue weighted by Crippen LogP contribution is -2.42. The topological polar surface area (TPSA) is 139 Å². The molecule has 238 valence electrons. The zero-order valence-corrected chi connectivity index (χ0v) is 25.2. The number of hydrogen-bond acceptors (Lipinski definition) is 7. The minimum Gasteiger partial charge on any atom is -0.454 e. The Hall–Kier alpha value is -5.07. The third kappa shape index (κ3) is 10.6. The predicted octanol–water partition coefficient (Wildman–Crippen LogP) is 6.02. The summed E-state index contributed by atoms with van der Waals surface area (Å²) in [7, 11) is 0. The number of imide groups is 1. The fourth-order valence-electron chi connectivity index (χ4n) is 4.55. The van der Waals surface area contributed by atoms with Gasteiger partial charge < -0.3 is 25.0 Å². The van der Waals surface area contributed by atoms with Gasteiger partial charge in [0.15, 0.2) is 11.6 Å². The summed E-state index contributed by atoms with van der Waals surface area (Å²) in [5.41, 5.74) is 0.0259. The van der Waals surface area contributed by atoms with E-state index in [1.165, 1.54) is 54.7 Å². The lowest BCUT2D eigenvalue weighted by atomic mass is 9.93. The molecule has 13 heteroatoms. The number of nitrogens with one attached hydrogen (secondary N) is 3. The van der Waals surface area contributed by atoms with Gasteiger partial charge in [-0.1, -0.05) is 12.1 Å². The minimum atomic E-state index is -0.863. The monoisotopic (exact) mass is 623 g/mol. The standard InChI is InChI=1S/C32H35F2N5O6/c1-32(2,3)45-31(43)39-14-11-21(12-15-39)17-28(40)37-27-19-24(10-13-35-27)44-26-9-8-23(18-25(26)34)36-30(42)38-29(41)16-20-4-6-22(33)7-5-20/h4-10,13,18-19,21H,11-12,14-17H2,1-3H3,(H,35,37,40)(H2,36,38,41,42). The van der Waals surface area contributed by atoms with Crippen molar-refractivity contribution in [2.75, 3.05) is 23.7 Å². The van der Waals surface area contributed by atoms with Gasteiger partial charge in [-0.3, -0.25) is 14.9 Å². The predicted molar refractivity (Wildman–Crippen MR) is 162 cm³/mol. The summed E-state index contributed by atoms with van der Waals surface area (Å²) >= 11 is 0. The summed E-state index contributed by atoms with van der Waals surface area (Å²) in [4.78, 5) is 55.0. The molecule has 0 spiro atoms. The largest absolute Gasteiger partial charge is 0.454 e. The number of halogens is 2. The zero-order valence-electron chi connectivity index (χ0n) is 25.2. The summed E-state index contributed by atoms with van der Waals surface area (Å²) < 4.78 is 38.8. The average molecular weight is 624 g/mol. The van der Waals surface area contributed by atoms with Crippen molar-refractivity contribution < 1.29 is 37.4 Å². The Balaban J connectivity index is 1.24. The second-order valence-corrected chi connectivity index (χ2v) is 11.6. The van der Waals surface area contributed by atoms with E-state index in [2.05, 4.69) is 20.9 Å². The Bertz CT molecular complexity index is 1540. The molecule has 0 bridgehead atoms. The van der Waals surface area contributed by atoms with E-state index in [9.17, 15) is 28.0 Å². The number of benzene rings is 2. The molecule has 2 heterocycles. The van der Waals surface area contributed by atoms with Crippen molar-refractivity contribution in [1.82, 2.24) is 15.2 Å². The highest BCUT2D eigenvalue weighted by Crippen LogP contribution is 2.28. The fraction of sp³-hybridized carbons (Fsp3) is 0.344. The summed E-state index contributed by atoms with van der Waals surface area (Å²) in [6.45, 7) is 6.46. The van der Waals surface area contributed by atoms with E-state index >= 15 is 0 Å². The molecule has 1 aliphatic rings. The van der Waals surface area contributed by atoms with Gasteiger partial charge in [0.1, 0.15) is 23.0 Å². The molecule has 0 radical (unpaired) electrons. The zero-order chi connectivity index (χ0) is 32.6. The van der Waals surface area contributed by atoms with Crippen LogP contribution >= 0.6 is 0 Å². The van der Waals surface area contributed by atoms with Gasteiger partial charge in [-0.25, -0.2) is 23.4 Å². The van der Waals surface area contributed by atoms with Gasteiger partial charge in [0, 0.05) is 43.5 Å². The maximum atomic E-state index is 14.8. The molecule has 5 amide bonds. The number of aromatic nitrogens is 1. The summed E-state index contributed by atoms with van der Waals surface area (Å²) in [6, 6.07) is 11.1. The Morgan fingerprint density at radius 3 is 2.31 bits per heavy atom. The number of anilines is 2. The van der Waals surface area contributed by atoms with Gasteiger partial charge in [-0.05, 0) is 75.4 Å². The number of hydrogen-bond donors (Lipinski definition) is 3. The van der Waals surface area contributed by atoms with Crippen LogP contribution in [-0.2, 0) is 20.7 Å². The number of rotatable bonds is 8. The Morgan fingerprint density at radius 1 is 0.933 bits per heavy atom. The number of ether oxygens (including phenoxy) is 2. The van der Waals surface area contributed by atoms with Gasteiger partial charge in [0.25, 0.3) is 0 Å². The van der Waals surface area contributed by atoms with Gasteiger partial charge in [-0.15, -0.1) is 0 Å². The molecular weight excluding hydrogens is 588 g/mol. The minimum absolute atomic E-state index is 0.0755. The number of piperidine rings is 1. The van der Waals surface area contributed by atoms with Crippen molar-refractivity contribution in [3.8, 4) is 11.5 Å². The van der Waals surface area contributed by atoms with Crippen LogP contribution in [-0.4, -0.2) is 52.5 Å². The van der Waals surface area contributed by atoms with Crippen LogP contribution in [0.5, 0.6) is 11.5 Å². The van der Waals surface area contributed by atoms with Crippen molar-refractivity contribution in [3.63, 3.8) is 0 Å². The molecule has 11 nitrogen and oxygen atoms in total. The summed E-state index contributed by atoms with van der Waals surface area (Å²) in [6.07, 6.45) is 2.50. The number of carbonyl (C=O) groups excluding carboxylic acids is 4. The van der Waals surface area contributed by atoms with E-state index in [0.717, 1.165) is 6.07 Å². The Morgan fingerprint density at radius 2 is 1.64 bits per heavy atom. The van der Waals surface area contributed by atoms with Crippen LogP contribution in [0.25, 0.3) is 0 Å². The Kier molecular flexibility index (Phi) is 10.7. The van der Waals surface area contributed by atoms with Gasteiger partial charge in [0.05, 0.1) is 6.42 Å². The second-order valence-electron chi connectivity index (χ2n) is 11.6. The molecule has 0 aliphatic carbocycles.